The molecule has 3 aromatic rings. The first-order valence-electron chi connectivity index (χ1n) is 9.71. The molecule has 6 nitrogen and oxygen atoms in total. The number of hydrogen-bond acceptors (Lipinski definition) is 4. The van der Waals surface area contributed by atoms with E-state index >= 15 is 0 Å². The topological polar surface area (TPSA) is 93.4 Å². The smallest absolute Gasteiger partial charge is 0.238 e. The molecule has 0 spiro atoms. The molecule has 156 valence electrons. The molecule has 3 rings (SSSR count). The standard InChI is InChI=1S/C23H25N3O3S/c1-2-18-5-7-20(8-6-18)16-26(17-21-4-3-13-25-15-21)23(27)14-19-9-11-22(12-10-19)30(24,28)29/h3-13,15H,2,14,16-17H2,1H3,(H2,24,28,29). The van der Waals surface area contributed by atoms with E-state index in [1.54, 1.807) is 29.4 Å². The van der Waals surface area contributed by atoms with Crippen LogP contribution >= 0.6 is 0 Å². The lowest BCUT2D eigenvalue weighted by Gasteiger charge is -2.23. The molecule has 0 unspecified atom stereocenters. The normalized spacial score (nSPS) is 11.3. The number of aryl methyl sites for hydroxylation is 1. The summed E-state index contributed by atoms with van der Waals surface area (Å²) in [5, 5.41) is 5.14. The summed E-state index contributed by atoms with van der Waals surface area (Å²) in [6, 6.07) is 18.1. The van der Waals surface area contributed by atoms with Crippen molar-refractivity contribution in [2.24, 2.45) is 5.14 Å². The van der Waals surface area contributed by atoms with Gasteiger partial charge in [0.1, 0.15) is 0 Å². The minimum Gasteiger partial charge on any atom is -0.334 e. The van der Waals surface area contributed by atoms with Gasteiger partial charge in [-0.3, -0.25) is 9.78 Å². The molecular weight excluding hydrogens is 398 g/mol. The zero-order valence-corrected chi connectivity index (χ0v) is 17.7. The summed E-state index contributed by atoms with van der Waals surface area (Å²) >= 11 is 0. The second-order valence-electron chi connectivity index (χ2n) is 7.15. The fraction of sp³-hybridized carbons (Fsp3) is 0.217. The molecular formula is C23H25N3O3S. The summed E-state index contributed by atoms with van der Waals surface area (Å²) in [6.07, 6.45) is 4.58. The van der Waals surface area contributed by atoms with Gasteiger partial charge in [-0.25, -0.2) is 13.6 Å². The number of amides is 1. The van der Waals surface area contributed by atoms with Crippen LogP contribution in [0.2, 0.25) is 0 Å². The molecule has 0 radical (unpaired) electrons. The van der Waals surface area contributed by atoms with Crippen molar-refractivity contribution in [3.63, 3.8) is 0 Å². The molecule has 7 heteroatoms. The summed E-state index contributed by atoms with van der Waals surface area (Å²) in [7, 11) is -3.75. The summed E-state index contributed by atoms with van der Waals surface area (Å²) in [5.41, 5.74) is 3.97. The van der Waals surface area contributed by atoms with E-state index < -0.39 is 10.0 Å². The van der Waals surface area contributed by atoms with Crippen molar-refractivity contribution < 1.29 is 13.2 Å². The Morgan fingerprint density at radius 2 is 1.50 bits per heavy atom. The summed E-state index contributed by atoms with van der Waals surface area (Å²) in [6.45, 7) is 3.03. The summed E-state index contributed by atoms with van der Waals surface area (Å²) in [5.74, 6) is -0.0539. The number of rotatable bonds is 8. The predicted octanol–water partition coefficient (Wildman–Crippen LogP) is 3.06. The molecule has 0 aliphatic rings. The summed E-state index contributed by atoms with van der Waals surface area (Å²) < 4.78 is 22.8. The lowest BCUT2D eigenvalue weighted by Crippen LogP contribution is -2.31. The van der Waals surface area contributed by atoms with Crippen LogP contribution in [0.25, 0.3) is 0 Å². The molecule has 1 aromatic heterocycles. The van der Waals surface area contributed by atoms with Gasteiger partial charge in [-0.15, -0.1) is 0 Å². The van der Waals surface area contributed by atoms with E-state index in [1.165, 1.54) is 17.7 Å². The number of carbonyl (C=O) groups excluding carboxylic acids is 1. The van der Waals surface area contributed by atoms with Crippen LogP contribution in [0.5, 0.6) is 0 Å². The SMILES string of the molecule is CCc1ccc(CN(Cc2cccnc2)C(=O)Cc2ccc(S(N)(=O)=O)cc2)cc1. The Bertz CT molecular complexity index is 1080. The van der Waals surface area contributed by atoms with Crippen molar-refractivity contribution >= 4 is 15.9 Å². The highest BCUT2D eigenvalue weighted by Crippen LogP contribution is 2.15. The Hall–Kier alpha value is -3.03. The molecule has 1 amide bonds. The molecule has 0 aliphatic heterocycles. The summed E-state index contributed by atoms with van der Waals surface area (Å²) in [4.78, 5) is 19.0. The Balaban J connectivity index is 1.78. The van der Waals surface area contributed by atoms with Crippen LogP contribution in [0, 0.1) is 0 Å². The second-order valence-corrected chi connectivity index (χ2v) is 8.71. The van der Waals surface area contributed by atoms with E-state index in [0.717, 1.165) is 23.1 Å². The van der Waals surface area contributed by atoms with E-state index in [4.69, 9.17) is 5.14 Å². The van der Waals surface area contributed by atoms with Crippen molar-refractivity contribution in [3.05, 3.63) is 95.3 Å². The number of aromatic nitrogens is 1. The first-order chi connectivity index (χ1) is 14.3. The van der Waals surface area contributed by atoms with E-state index in [0.29, 0.717) is 13.1 Å². The average Bonchev–Trinajstić information content (AvgIpc) is 2.74. The van der Waals surface area contributed by atoms with Crippen molar-refractivity contribution in [3.8, 4) is 0 Å². The predicted molar refractivity (Wildman–Crippen MR) is 116 cm³/mol. The van der Waals surface area contributed by atoms with Gasteiger partial charge >= 0.3 is 0 Å². The minimum atomic E-state index is -3.75. The van der Waals surface area contributed by atoms with Gasteiger partial charge in [0.2, 0.25) is 15.9 Å². The first kappa shape index (κ1) is 21.7. The average molecular weight is 424 g/mol. The number of nitrogens with zero attached hydrogens (tertiary/aromatic N) is 2. The van der Waals surface area contributed by atoms with Crippen molar-refractivity contribution in [2.75, 3.05) is 0 Å². The second kappa shape index (κ2) is 9.65. The third-order valence-corrected chi connectivity index (χ3v) is 5.79. The zero-order valence-electron chi connectivity index (χ0n) is 16.9. The Kier molecular flexibility index (Phi) is 6.97. The van der Waals surface area contributed by atoms with Crippen LogP contribution in [0.15, 0.2) is 78.0 Å². The maximum atomic E-state index is 13.1. The van der Waals surface area contributed by atoms with Gasteiger partial charge < -0.3 is 4.90 Å². The van der Waals surface area contributed by atoms with Gasteiger partial charge in [0.15, 0.2) is 0 Å². The number of pyridine rings is 1. The van der Waals surface area contributed by atoms with Gasteiger partial charge in [0.05, 0.1) is 11.3 Å². The number of carbonyl (C=O) groups is 1. The Morgan fingerprint density at radius 3 is 2.07 bits per heavy atom. The number of primary sulfonamides is 1. The molecule has 2 aromatic carbocycles. The van der Waals surface area contributed by atoms with Crippen LogP contribution in [-0.4, -0.2) is 24.2 Å². The van der Waals surface area contributed by atoms with Gasteiger partial charge in [0, 0.05) is 25.5 Å². The molecule has 30 heavy (non-hydrogen) atoms. The van der Waals surface area contributed by atoms with Crippen LogP contribution in [0.3, 0.4) is 0 Å². The monoisotopic (exact) mass is 423 g/mol. The molecule has 1 heterocycles. The molecule has 0 atom stereocenters. The minimum absolute atomic E-state index is 0.0296. The highest BCUT2D eigenvalue weighted by atomic mass is 32.2. The number of hydrogen-bond donors (Lipinski definition) is 1. The largest absolute Gasteiger partial charge is 0.334 e. The third-order valence-electron chi connectivity index (χ3n) is 4.86. The molecule has 0 bridgehead atoms. The van der Waals surface area contributed by atoms with E-state index in [2.05, 4.69) is 24.0 Å². The highest BCUT2D eigenvalue weighted by Gasteiger charge is 2.16. The van der Waals surface area contributed by atoms with Gasteiger partial charge in [-0.1, -0.05) is 49.4 Å². The highest BCUT2D eigenvalue weighted by molar-refractivity contribution is 7.89. The maximum Gasteiger partial charge on any atom is 0.238 e. The molecule has 0 saturated carbocycles. The molecule has 0 saturated heterocycles. The van der Waals surface area contributed by atoms with Crippen molar-refractivity contribution in [1.82, 2.24) is 9.88 Å². The van der Waals surface area contributed by atoms with E-state index in [-0.39, 0.29) is 17.2 Å². The lowest BCUT2D eigenvalue weighted by molar-refractivity contribution is -0.131. The molecule has 2 N–H and O–H groups in total. The number of benzene rings is 2. The van der Waals surface area contributed by atoms with Crippen molar-refractivity contribution in [1.29, 1.82) is 0 Å². The van der Waals surface area contributed by atoms with Crippen LogP contribution in [-0.2, 0) is 40.7 Å². The van der Waals surface area contributed by atoms with Gasteiger partial charge in [0.25, 0.3) is 0 Å². The van der Waals surface area contributed by atoms with Crippen LogP contribution in [0.4, 0.5) is 0 Å². The third kappa shape index (κ3) is 5.98. The number of nitrogens with two attached hydrogens (primary N) is 1. The van der Waals surface area contributed by atoms with Crippen LogP contribution < -0.4 is 5.14 Å². The first-order valence-corrected chi connectivity index (χ1v) is 11.3. The Labute approximate surface area is 177 Å². The van der Waals surface area contributed by atoms with Gasteiger partial charge in [-0.05, 0) is 46.9 Å². The van der Waals surface area contributed by atoms with Crippen molar-refractivity contribution in [2.45, 2.75) is 37.8 Å². The fourth-order valence-electron chi connectivity index (χ4n) is 3.13. The fourth-order valence-corrected chi connectivity index (χ4v) is 3.64. The zero-order chi connectivity index (χ0) is 21.6. The van der Waals surface area contributed by atoms with Crippen LogP contribution in [0.1, 0.15) is 29.2 Å². The maximum absolute atomic E-state index is 13.1. The molecule has 0 fully saturated rings. The molecule has 0 aliphatic carbocycles. The van der Waals surface area contributed by atoms with E-state index in [1.807, 2.05) is 24.3 Å². The number of sulfonamides is 1. The van der Waals surface area contributed by atoms with Gasteiger partial charge in [-0.2, -0.15) is 0 Å². The van der Waals surface area contributed by atoms with E-state index in [9.17, 15) is 13.2 Å². The lowest BCUT2D eigenvalue weighted by atomic mass is 10.1. The Morgan fingerprint density at radius 1 is 0.900 bits per heavy atom. The quantitative estimate of drug-likeness (QED) is 0.603.